The summed E-state index contributed by atoms with van der Waals surface area (Å²) in [5.74, 6) is 0. The zero-order valence-corrected chi connectivity index (χ0v) is 14.4. The fraction of sp³-hybridized carbons (Fsp3) is 1.00. The van der Waals surface area contributed by atoms with Crippen LogP contribution in [0.5, 0.6) is 0 Å². The molecule has 2 unspecified atom stereocenters. The summed E-state index contributed by atoms with van der Waals surface area (Å²) in [5.41, 5.74) is 0. The molecule has 2 atom stereocenters. The molecule has 0 aromatic heterocycles. The van der Waals surface area contributed by atoms with Gasteiger partial charge in [0.2, 0.25) is 0 Å². The molecule has 1 N–H and O–H groups in total. The Balaban J connectivity index is 0. The summed E-state index contributed by atoms with van der Waals surface area (Å²) in [6.45, 7) is 3.73. The average Bonchev–Trinajstić information content (AvgIpc) is 2.14. The van der Waals surface area contributed by atoms with Crippen molar-refractivity contribution in [2.45, 2.75) is 63.7 Å². The predicted octanol–water partition coefficient (Wildman–Crippen LogP) is -1.35. The molecule has 0 aliphatic rings. The molecule has 0 radical (unpaired) electrons. The molecule has 0 saturated carbocycles. The van der Waals surface area contributed by atoms with E-state index in [2.05, 4.69) is 0 Å². The number of rotatable bonds is 8. The molecule has 0 aliphatic heterocycles. The Morgan fingerprint density at radius 2 is 1.75 bits per heavy atom. The van der Waals surface area contributed by atoms with Gasteiger partial charge in [0, 0.05) is 5.25 Å². The van der Waals surface area contributed by atoms with E-state index in [1.807, 2.05) is 13.8 Å². The van der Waals surface area contributed by atoms with Gasteiger partial charge in [-0.05, 0) is 32.1 Å². The Morgan fingerprint density at radius 3 is 2.12 bits per heavy atom. The van der Waals surface area contributed by atoms with Crippen LogP contribution < -0.4 is 51.4 Å². The number of aliphatic hydroxyl groups is 1. The first-order valence-electron chi connectivity index (χ1n) is 5.54. The van der Waals surface area contributed by atoms with E-state index >= 15 is 0 Å². The van der Waals surface area contributed by atoms with E-state index in [4.69, 9.17) is 0 Å². The van der Waals surface area contributed by atoms with Crippen LogP contribution in [0, 0.1) is 0 Å². The summed E-state index contributed by atoms with van der Waals surface area (Å²) in [6, 6.07) is 0. The van der Waals surface area contributed by atoms with Gasteiger partial charge in [-0.1, -0.05) is 20.3 Å². The number of hydrogen-bond donors (Lipinski definition) is 1. The molecule has 0 rings (SSSR count). The third-order valence-electron chi connectivity index (χ3n) is 2.55. The van der Waals surface area contributed by atoms with Crippen molar-refractivity contribution in [3.63, 3.8) is 0 Å². The molecule has 92 valence electrons. The minimum Gasteiger partial charge on any atom is -0.748 e. The Labute approximate surface area is 141 Å². The first-order valence-corrected chi connectivity index (χ1v) is 7.01. The van der Waals surface area contributed by atoms with Crippen molar-refractivity contribution >= 4 is 10.1 Å². The fourth-order valence-electron chi connectivity index (χ4n) is 1.54. The second kappa shape index (κ2) is 10.4. The standard InChI is InChI=1S/C10H22O4S.K/c1-3-6-10(15(12,13)14)8-5-7-9(11)4-2;/h9-11H,3-8H2,1-2H3,(H,12,13,14);/q;+1/p-1. The third-order valence-corrected chi connectivity index (χ3v) is 3.84. The van der Waals surface area contributed by atoms with Gasteiger partial charge in [-0.2, -0.15) is 0 Å². The van der Waals surface area contributed by atoms with Crippen molar-refractivity contribution in [1.29, 1.82) is 0 Å². The van der Waals surface area contributed by atoms with Gasteiger partial charge < -0.3 is 9.66 Å². The summed E-state index contributed by atoms with van der Waals surface area (Å²) < 4.78 is 32.5. The molecule has 0 aliphatic carbocycles. The Hall–Kier alpha value is 1.51. The number of aliphatic hydroxyl groups excluding tert-OH is 1. The molecule has 4 nitrogen and oxygen atoms in total. The van der Waals surface area contributed by atoms with Gasteiger partial charge >= 0.3 is 51.4 Å². The van der Waals surface area contributed by atoms with Crippen LogP contribution in [0.1, 0.15) is 52.4 Å². The first-order chi connectivity index (χ1) is 6.91. The topological polar surface area (TPSA) is 77.4 Å². The summed E-state index contributed by atoms with van der Waals surface area (Å²) in [6.07, 6.45) is 2.96. The van der Waals surface area contributed by atoms with Crippen LogP contribution in [-0.2, 0) is 10.1 Å². The fourth-order valence-corrected chi connectivity index (χ4v) is 2.52. The maximum Gasteiger partial charge on any atom is 1.00 e. The van der Waals surface area contributed by atoms with Crippen LogP contribution in [-0.4, -0.2) is 29.4 Å². The van der Waals surface area contributed by atoms with E-state index in [-0.39, 0.29) is 57.5 Å². The van der Waals surface area contributed by atoms with Gasteiger partial charge in [-0.3, -0.25) is 0 Å². The molecule has 0 aromatic carbocycles. The smallest absolute Gasteiger partial charge is 0.748 e. The van der Waals surface area contributed by atoms with Crippen molar-refractivity contribution in [3.8, 4) is 0 Å². The van der Waals surface area contributed by atoms with Crippen LogP contribution >= 0.6 is 0 Å². The van der Waals surface area contributed by atoms with Crippen LogP contribution in [0.25, 0.3) is 0 Å². The zero-order chi connectivity index (χ0) is 11.9. The van der Waals surface area contributed by atoms with E-state index in [0.29, 0.717) is 38.5 Å². The van der Waals surface area contributed by atoms with Gasteiger partial charge in [-0.15, -0.1) is 0 Å². The maximum atomic E-state index is 10.8. The molecule has 0 amide bonds. The minimum atomic E-state index is -4.16. The summed E-state index contributed by atoms with van der Waals surface area (Å²) in [7, 11) is -4.16. The van der Waals surface area contributed by atoms with Crippen molar-refractivity contribution in [3.05, 3.63) is 0 Å². The largest absolute Gasteiger partial charge is 1.00 e. The van der Waals surface area contributed by atoms with Crippen molar-refractivity contribution in [2.75, 3.05) is 0 Å². The molecule has 6 heteroatoms. The van der Waals surface area contributed by atoms with E-state index in [0.717, 1.165) is 0 Å². The third kappa shape index (κ3) is 9.53. The van der Waals surface area contributed by atoms with Crippen molar-refractivity contribution < 1.29 is 69.5 Å². The molecule has 16 heavy (non-hydrogen) atoms. The van der Waals surface area contributed by atoms with Crippen LogP contribution in [0.15, 0.2) is 0 Å². The van der Waals surface area contributed by atoms with E-state index in [9.17, 15) is 18.1 Å². The molecule has 0 saturated heterocycles. The van der Waals surface area contributed by atoms with Gasteiger partial charge in [0.15, 0.2) is 0 Å². The quantitative estimate of drug-likeness (QED) is 0.439. The zero-order valence-electron chi connectivity index (χ0n) is 10.5. The van der Waals surface area contributed by atoms with Gasteiger partial charge in [0.25, 0.3) is 0 Å². The molecular weight excluding hydrogens is 255 g/mol. The molecule has 0 aromatic rings. The molecule has 0 fully saturated rings. The second-order valence-corrected chi connectivity index (χ2v) is 5.55. The van der Waals surface area contributed by atoms with Crippen LogP contribution in [0.2, 0.25) is 0 Å². The minimum absolute atomic E-state index is 0. The normalized spacial score (nSPS) is 15.2. The Kier molecular flexibility index (Phi) is 12.9. The molecular formula is C10H21KO4S. The van der Waals surface area contributed by atoms with Crippen molar-refractivity contribution in [1.82, 2.24) is 0 Å². The van der Waals surface area contributed by atoms with E-state index in [1.165, 1.54) is 0 Å². The monoisotopic (exact) mass is 276 g/mol. The summed E-state index contributed by atoms with van der Waals surface area (Å²) in [4.78, 5) is 0. The summed E-state index contributed by atoms with van der Waals surface area (Å²) in [5, 5.41) is 8.50. The SMILES string of the molecule is CCCC(CCCC(O)CC)S(=O)(=O)[O-].[K+]. The molecule has 0 heterocycles. The second-order valence-electron chi connectivity index (χ2n) is 3.90. The average molecular weight is 276 g/mol. The maximum absolute atomic E-state index is 10.8. The summed E-state index contributed by atoms with van der Waals surface area (Å²) >= 11 is 0. The first kappa shape index (κ1) is 19.8. The van der Waals surface area contributed by atoms with E-state index < -0.39 is 15.4 Å². The predicted molar refractivity (Wildman–Crippen MR) is 58.5 cm³/mol. The van der Waals surface area contributed by atoms with Gasteiger partial charge in [-0.25, -0.2) is 8.42 Å². The van der Waals surface area contributed by atoms with Crippen LogP contribution in [0.4, 0.5) is 0 Å². The number of hydrogen-bond acceptors (Lipinski definition) is 4. The van der Waals surface area contributed by atoms with E-state index in [1.54, 1.807) is 0 Å². The Bertz CT molecular complexity index is 254. The van der Waals surface area contributed by atoms with Gasteiger partial charge in [0.1, 0.15) is 0 Å². The molecule has 0 spiro atoms. The van der Waals surface area contributed by atoms with Crippen LogP contribution in [0.3, 0.4) is 0 Å². The van der Waals surface area contributed by atoms with Gasteiger partial charge in [0.05, 0.1) is 16.2 Å². The molecule has 0 bridgehead atoms. The van der Waals surface area contributed by atoms with Crippen molar-refractivity contribution in [2.24, 2.45) is 0 Å². The Morgan fingerprint density at radius 1 is 1.19 bits per heavy atom.